The molecule has 0 aliphatic rings. The van der Waals surface area contributed by atoms with E-state index in [0.29, 0.717) is 71.0 Å². The minimum Gasteiger partial charge on any atom is -0.516 e. The van der Waals surface area contributed by atoms with E-state index in [4.69, 9.17) is 81.0 Å². The summed E-state index contributed by atoms with van der Waals surface area (Å²) in [6, 6.07) is 4.99. The van der Waals surface area contributed by atoms with Gasteiger partial charge in [-0.25, -0.2) is 4.79 Å². The molecule has 0 aliphatic carbocycles. The normalized spacial score (nSPS) is 9.66. The van der Waals surface area contributed by atoms with E-state index >= 15 is 0 Å². The molecule has 0 fully saturated rings. The number of carboxylic acids is 6. The zero-order valence-corrected chi connectivity index (χ0v) is 35.6. The van der Waals surface area contributed by atoms with Gasteiger partial charge in [0.25, 0.3) is 0 Å². The van der Waals surface area contributed by atoms with Crippen molar-refractivity contribution in [1.29, 1.82) is 0 Å². The number of phenols is 1. The van der Waals surface area contributed by atoms with Crippen LogP contribution < -0.4 is 40.1 Å². The monoisotopic (exact) mass is 891 g/mol. The van der Waals surface area contributed by atoms with Crippen LogP contribution in [0.2, 0.25) is 0 Å². The fourth-order valence-corrected chi connectivity index (χ4v) is 3.57. The topological polar surface area (TPSA) is 483 Å². The molecule has 0 saturated carbocycles. The summed E-state index contributed by atoms with van der Waals surface area (Å²) in [6.45, 7) is 5.11. The van der Waals surface area contributed by atoms with Gasteiger partial charge in [0, 0.05) is 45.3 Å². The molecular weight excluding hydrogens is 820 g/mol. The predicted octanol–water partition coefficient (Wildman–Crippen LogP) is 1.93. The Balaban J connectivity index is -0.000000213. The second-order valence-electron chi connectivity index (χ2n) is 12.8. The van der Waals surface area contributed by atoms with Gasteiger partial charge >= 0.3 is 35.8 Å². The van der Waals surface area contributed by atoms with Crippen LogP contribution in [0, 0.1) is 0 Å². The standard InChI is InChI=1S/C9H16O4.C7H6O3.C6H14N4O2.2C6H13N3O2.C4H8O/c10-8(11)6-4-2-1-3-5-7-9(12)13;8-6-4-2-1-3-5(6)7(9)10;7-4(5(11)12)2-1-3-10-6(8)9;2*7-6(8)9-4-2-1-3-5(10)11;1-4(2)3-5/h1-7H2,(H,10,11)(H,12,13);1-4,8H,(H,9,10);4H,1-3,7H2,(H,11,12)(H4,8,9,10);2*1-4H2,(H,10,11)(H4,7,8,9);3,5H,1-2H3/t;;4-;;;/m..0.../s1. The van der Waals surface area contributed by atoms with Crippen LogP contribution in [0.1, 0.15) is 121 Å². The molecule has 0 unspecified atom stereocenters. The van der Waals surface area contributed by atoms with Gasteiger partial charge in [0.1, 0.15) is 17.4 Å². The number of aliphatic hydroxyl groups is 1. The Morgan fingerprint density at radius 1 is 0.548 bits per heavy atom. The third-order valence-corrected chi connectivity index (χ3v) is 6.65. The zero-order chi connectivity index (χ0) is 48.9. The maximum atomic E-state index is 10.3. The number of aliphatic imine (C=N–C) groups is 3. The highest BCUT2D eigenvalue weighted by Crippen LogP contribution is 2.14. The number of nitrogens with two attached hydrogens (primary N) is 7. The van der Waals surface area contributed by atoms with E-state index in [9.17, 15) is 28.8 Å². The van der Waals surface area contributed by atoms with Crippen molar-refractivity contribution in [2.24, 2.45) is 55.1 Å². The summed E-state index contributed by atoms with van der Waals surface area (Å²) in [6.07, 6.45) is 9.59. The van der Waals surface area contributed by atoms with Gasteiger partial charge in [-0.05, 0) is 82.9 Å². The van der Waals surface area contributed by atoms with Crippen LogP contribution in [-0.2, 0) is 24.0 Å². The Labute approximate surface area is 361 Å². The van der Waals surface area contributed by atoms with Crippen molar-refractivity contribution in [3.8, 4) is 5.75 Å². The van der Waals surface area contributed by atoms with Gasteiger partial charge in [0.05, 0.1) is 6.26 Å². The van der Waals surface area contributed by atoms with E-state index in [1.54, 1.807) is 12.1 Å². The van der Waals surface area contributed by atoms with Gasteiger partial charge in [0.2, 0.25) is 0 Å². The first-order valence-corrected chi connectivity index (χ1v) is 19.2. The third kappa shape index (κ3) is 65.0. The molecule has 356 valence electrons. The fourth-order valence-electron chi connectivity index (χ4n) is 3.57. The van der Waals surface area contributed by atoms with Crippen molar-refractivity contribution in [2.75, 3.05) is 19.6 Å². The van der Waals surface area contributed by atoms with E-state index in [0.717, 1.165) is 31.1 Å². The third-order valence-electron chi connectivity index (χ3n) is 6.65. The lowest BCUT2D eigenvalue weighted by Gasteiger charge is -2.03. The smallest absolute Gasteiger partial charge is 0.339 e. The Kier molecular flexibility index (Phi) is 46.9. The Hall–Kier alpha value is -6.85. The van der Waals surface area contributed by atoms with Crippen molar-refractivity contribution < 1.29 is 69.6 Å². The Morgan fingerprint density at radius 2 is 0.855 bits per heavy atom. The molecule has 0 aromatic heterocycles. The number of nitrogens with zero attached hydrogens (tertiary/aromatic N) is 3. The largest absolute Gasteiger partial charge is 0.516 e. The van der Waals surface area contributed by atoms with E-state index in [1.807, 2.05) is 13.8 Å². The van der Waals surface area contributed by atoms with E-state index in [1.165, 1.54) is 12.1 Å². The highest BCUT2D eigenvalue weighted by atomic mass is 16.4. The summed E-state index contributed by atoms with van der Waals surface area (Å²) in [5, 5.41) is 66.8. The molecular formula is C38H70N10O14. The molecule has 1 atom stereocenters. The second kappa shape index (κ2) is 45.2. The van der Waals surface area contributed by atoms with Crippen molar-refractivity contribution >= 4 is 53.7 Å². The first-order chi connectivity index (χ1) is 28.9. The molecule has 22 N–H and O–H groups in total. The van der Waals surface area contributed by atoms with Crippen molar-refractivity contribution in [3.63, 3.8) is 0 Å². The maximum Gasteiger partial charge on any atom is 0.339 e. The SMILES string of the molecule is CC(C)=CO.NC(N)=NCCCCC(=O)O.NC(N)=NCCCCC(=O)O.NC(N)=NCCC[C@H](N)C(=O)O.O=C(O)CCCCCCCC(=O)O.O=C(O)c1ccccc1O. The summed E-state index contributed by atoms with van der Waals surface area (Å²) in [7, 11) is 0. The number of guanidine groups is 3. The molecule has 0 amide bonds. The van der Waals surface area contributed by atoms with Crippen LogP contribution in [0.3, 0.4) is 0 Å². The lowest BCUT2D eigenvalue weighted by molar-refractivity contribution is -0.139. The van der Waals surface area contributed by atoms with Crippen LogP contribution in [-0.4, -0.2) is 120 Å². The number of carbonyl (C=O) groups is 6. The van der Waals surface area contributed by atoms with Gasteiger partial charge in [-0.3, -0.25) is 38.9 Å². The summed E-state index contributed by atoms with van der Waals surface area (Å²) in [5.74, 6) is -5.27. The Morgan fingerprint density at radius 3 is 1.11 bits per heavy atom. The summed E-state index contributed by atoms with van der Waals surface area (Å²) in [4.78, 5) is 71.8. The summed E-state index contributed by atoms with van der Waals surface area (Å²) >= 11 is 0. The second-order valence-corrected chi connectivity index (χ2v) is 12.8. The van der Waals surface area contributed by atoms with Gasteiger partial charge < -0.3 is 81.0 Å². The molecule has 0 saturated heterocycles. The first-order valence-electron chi connectivity index (χ1n) is 19.2. The zero-order valence-electron chi connectivity index (χ0n) is 35.6. The number of allylic oxidation sites excluding steroid dienone is 1. The van der Waals surface area contributed by atoms with Crippen molar-refractivity contribution in [2.45, 2.75) is 116 Å². The Bertz CT molecular complexity index is 1450. The summed E-state index contributed by atoms with van der Waals surface area (Å²) < 4.78 is 0. The van der Waals surface area contributed by atoms with Crippen LogP contribution >= 0.6 is 0 Å². The van der Waals surface area contributed by atoms with Crippen molar-refractivity contribution in [1.82, 2.24) is 0 Å². The predicted molar refractivity (Wildman–Crippen MR) is 235 cm³/mol. The van der Waals surface area contributed by atoms with E-state index in [2.05, 4.69) is 15.0 Å². The number of benzene rings is 1. The highest BCUT2D eigenvalue weighted by Gasteiger charge is 2.09. The van der Waals surface area contributed by atoms with Crippen LogP contribution in [0.4, 0.5) is 0 Å². The molecule has 1 aromatic carbocycles. The number of rotatable bonds is 24. The number of carboxylic acid groups (broad SMARTS) is 6. The van der Waals surface area contributed by atoms with Crippen LogP contribution in [0.25, 0.3) is 0 Å². The van der Waals surface area contributed by atoms with Gasteiger partial charge in [-0.2, -0.15) is 0 Å². The van der Waals surface area contributed by atoms with Gasteiger partial charge in [-0.15, -0.1) is 0 Å². The molecule has 0 bridgehead atoms. The number of unbranched alkanes of at least 4 members (excludes halogenated alkanes) is 6. The average molecular weight is 891 g/mol. The minimum atomic E-state index is -1.11. The van der Waals surface area contributed by atoms with E-state index in [-0.39, 0.29) is 54.9 Å². The van der Waals surface area contributed by atoms with Crippen LogP contribution in [0.15, 0.2) is 51.1 Å². The first kappa shape index (κ1) is 64.3. The fraction of sp³-hybridized carbons (Fsp3) is 0.553. The number of aliphatic hydroxyl groups excluding tert-OH is 1. The maximum absolute atomic E-state index is 10.3. The van der Waals surface area contributed by atoms with Gasteiger partial charge in [-0.1, -0.05) is 31.4 Å². The molecule has 24 heteroatoms. The number of aliphatic carboxylic acids is 5. The molecule has 0 heterocycles. The van der Waals surface area contributed by atoms with E-state index < -0.39 is 41.9 Å². The molecule has 0 radical (unpaired) electrons. The quantitative estimate of drug-likeness (QED) is 0.0305. The lowest BCUT2D eigenvalue weighted by Crippen LogP contribution is -2.30. The minimum absolute atomic E-state index is 0.0129. The molecule has 1 aromatic rings. The van der Waals surface area contributed by atoms with Gasteiger partial charge in [0.15, 0.2) is 17.9 Å². The van der Waals surface area contributed by atoms with Crippen LogP contribution in [0.5, 0.6) is 5.75 Å². The lowest BCUT2D eigenvalue weighted by atomic mass is 10.1. The number of hydrogen-bond donors (Lipinski definition) is 15. The average Bonchev–Trinajstić information content (AvgIpc) is 3.16. The molecule has 62 heavy (non-hydrogen) atoms. The molecule has 0 spiro atoms. The number of hydrogen-bond acceptors (Lipinski definition) is 12. The number of para-hydroxylation sites is 1. The number of aromatic carboxylic acids is 1. The molecule has 24 nitrogen and oxygen atoms in total. The number of aromatic hydroxyl groups is 1. The highest BCUT2D eigenvalue weighted by molar-refractivity contribution is 5.90. The molecule has 0 aliphatic heterocycles. The van der Waals surface area contributed by atoms with Crippen molar-refractivity contribution in [3.05, 3.63) is 41.7 Å². The summed E-state index contributed by atoms with van der Waals surface area (Å²) in [5.41, 5.74) is 36.4. The molecule has 1 rings (SSSR count).